The summed E-state index contributed by atoms with van der Waals surface area (Å²) in [4.78, 5) is 35.9. The van der Waals surface area contributed by atoms with Crippen LogP contribution in [0.4, 0.5) is 39.5 Å². The fourth-order valence-electron chi connectivity index (χ4n) is 3.80. The fraction of sp³-hybridized carbons (Fsp3) is 0.478. The van der Waals surface area contributed by atoms with Gasteiger partial charge in [-0.1, -0.05) is 0 Å². The lowest BCUT2D eigenvalue weighted by molar-refractivity contribution is -0.193. The number of carboxylic acids is 3. The van der Waals surface area contributed by atoms with Crippen LogP contribution in [0.25, 0.3) is 0 Å². The van der Waals surface area contributed by atoms with E-state index in [1.165, 1.54) is 38.2 Å². The molecular weight excluding hydrogens is 601 g/mol. The van der Waals surface area contributed by atoms with Crippen LogP contribution in [-0.4, -0.2) is 92.7 Å². The minimum absolute atomic E-state index is 0.527. The van der Waals surface area contributed by atoms with E-state index in [1.807, 2.05) is 18.5 Å². The van der Waals surface area contributed by atoms with Crippen LogP contribution in [0.15, 0.2) is 47.3 Å². The molecule has 2 aromatic rings. The summed E-state index contributed by atoms with van der Waals surface area (Å²) >= 11 is 0. The highest BCUT2D eigenvalue weighted by molar-refractivity contribution is 5.73. The lowest BCUT2D eigenvalue weighted by Gasteiger charge is -2.48. The number of hydrogen-bond acceptors (Lipinski definition) is 7. The molecule has 0 radical (unpaired) electrons. The molecule has 0 amide bonds. The van der Waals surface area contributed by atoms with Crippen molar-refractivity contribution < 1.29 is 73.6 Å². The number of carbonyl (C=O) groups is 3. The van der Waals surface area contributed by atoms with Crippen LogP contribution < -0.4 is 0 Å². The van der Waals surface area contributed by atoms with Gasteiger partial charge in [-0.3, -0.25) is 14.8 Å². The second-order valence-corrected chi connectivity index (χ2v) is 8.95. The number of likely N-dealkylation sites (tertiary alicyclic amines) is 2. The first-order valence-electron chi connectivity index (χ1n) is 11.4. The van der Waals surface area contributed by atoms with Gasteiger partial charge >= 0.3 is 36.4 Å². The zero-order valence-electron chi connectivity index (χ0n) is 21.2. The molecule has 0 atom stereocenters. The van der Waals surface area contributed by atoms with E-state index in [0.29, 0.717) is 5.41 Å². The molecule has 2 fully saturated rings. The van der Waals surface area contributed by atoms with Crippen molar-refractivity contribution in [3.8, 4) is 0 Å². The van der Waals surface area contributed by atoms with E-state index in [0.717, 1.165) is 18.8 Å². The molecule has 4 heterocycles. The average molecular weight is 625 g/mol. The molecule has 10 nitrogen and oxygen atoms in total. The SMILES string of the molecule is O=C(O)C(F)(F)F.O=C(O)C(F)(F)F.O=C(O)C(F)(F)F.c1coc(CN2CC3(CCN(Cc4ccncc4)C3)C2)c1. The van der Waals surface area contributed by atoms with Crippen LogP contribution in [0.1, 0.15) is 17.7 Å². The van der Waals surface area contributed by atoms with Crippen LogP contribution in [0, 0.1) is 5.41 Å². The number of halogens is 9. The molecule has 2 saturated heterocycles. The molecular formula is C23H24F9N3O7. The highest BCUT2D eigenvalue weighted by atomic mass is 19.4. The van der Waals surface area contributed by atoms with E-state index < -0.39 is 36.4 Å². The predicted octanol–water partition coefficient (Wildman–Crippen LogP) is 4.28. The summed E-state index contributed by atoms with van der Waals surface area (Å²) in [6.07, 6.45) is -8.39. The normalized spacial score (nSPS) is 16.5. The summed E-state index contributed by atoms with van der Waals surface area (Å²) in [6.45, 7) is 6.88. The second-order valence-electron chi connectivity index (χ2n) is 8.95. The molecule has 4 rings (SSSR count). The van der Waals surface area contributed by atoms with Gasteiger partial charge in [0.15, 0.2) is 0 Å². The Morgan fingerprint density at radius 3 is 1.57 bits per heavy atom. The van der Waals surface area contributed by atoms with Crippen LogP contribution in [0.5, 0.6) is 0 Å². The van der Waals surface area contributed by atoms with E-state index >= 15 is 0 Å². The van der Waals surface area contributed by atoms with Gasteiger partial charge in [-0.2, -0.15) is 39.5 Å². The summed E-state index contributed by atoms with van der Waals surface area (Å²) in [5, 5.41) is 21.4. The fourth-order valence-corrected chi connectivity index (χ4v) is 3.80. The van der Waals surface area contributed by atoms with Crippen molar-refractivity contribution in [2.45, 2.75) is 38.0 Å². The number of hydrogen-bond donors (Lipinski definition) is 3. The van der Waals surface area contributed by atoms with E-state index in [2.05, 4.69) is 33.0 Å². The van der Waals surface area contributed by atoms with E-state index in [4.69, 9.17) is 34.1 Å². The minimum atomic E-state index is -5.08. The smallest absolute Gasteiger partial charge is 0.475 e. The number of carboxylic acid groups (broad SMARTS) is 3. The average Bonchev–Trinajstić information content (AvgIpc) is 3.49. The van der Waals surface area contributed by atoms with Crippen molar-refractivity contribution in [1.29, 1.82) is 0 Å². The van der Waals surface area contributed by atoms with Gasteiger partial charge in [0, 0.05) is 44.0 Å². The van der Waals surface area contributed by atoms with Gasteiger partial charge in [0.25, 0.3) is 0 Å². The number of rotatable bonds is 4. The molecule has 0 aromatic carbocycles. The monoisotopic (exact) mass is 625 g/mol. The molecule has 0 saturated carbocycles. The highest BCUT2D eigenvalue weighted by Crippen LogP contribution is 2.40. The Bertz CT molecular complexity index is 1080. The van der Waals surface area contributed by atoms with Crippen LogP contribution in [0.2, 0.25) is 0 Å². The molecule has 2 aliphatic rings. The van der Waals surface area contributed by atoms with Crippen molar-refractivity contribution in [3.63, 3.8) is 0 Å². The van der Waals surface area contributed by atoms with Gasteiger partial charge in [0.2, 0.25) is 0 Å². The van der Waals surface area contributed by atoms with E-state index in [1.54, 1.807) is 6.26 Å². The molecule has 42 heavy (non-hydrogen) atoms. The molecule has 0 unspecified atom stereocenters. The number of aromatic nitrogens is 1. The lowest BCUT2D eigenvalue weighted by atomic mass is 9.79. The van der Waals surface area contributed by atoms with Crippen molar-refractivity contribution in [2.75, 3.05) is 26.2 Å². The van der Waals surface area contributed by atoms with Gasteiger partial charge in [-0.05, 0) is 42.8 Å². The molecule has 3 N–H and O–H groups in total. The Morgan fingerprint density at radius 1 is 0.762 bits per heavy atom. The summed E-state index contributed by atoms with van der Waals surface area (Å²) in [7, 11) is 0. The van der Waals surface area contributed by atoms with Crippen LogP contribution >= 0.6 is 0 Å². The maximum Gasteiger partial charge on any atom is 0.490 e. The largest absolute Gasteiger partial charge is 0.490 e. The zero-order chi connectivity index (χ0) is 32.4. The van der Waals surface area contributed by atoms with Crippen molar-refractivity contribution in [3.05, 3.63) is 54.2 Å². The molecule has 1 spiro atoms. The maximum atomic E-state index is 10.6. The molecule has 2 aliphatic heterocycles. The first-order valence-corrected chi connectivity index (χ1v) is 11.4. The number of furan rings is 1. The zero-order valence-corrected chi connectivity index (χ0v) is 21.2. The number of aliphatic carboxylic acids is 3. The second kappa shape index (κ2) is 14.9. The van der Waals surface area contributed by atoms with Crippen molar-refractivity contribution in [2.24, 2.45) is 5.41 Å². The summed E-state index contributed by atoms with van der Waals surface area (Å²) in [5.74, 6) is -7.19. The Labute approximate surface area is 230 Å². The first kappa shape index (κ1) is 36.2. The Balaban J connectivity index is 0.000000348. The lowest BCUT2D eigenvalue weighted by Crippen LogP contribution is -2.56. The topological polar surface area (TPSA) is 144 Å². The molecule has 19 heteroatoms. The maximum absolute atomic E-state index is 10.6. The van der Waals surface area contributed by atoms with Crippen molar-refractivity contribution >= 4 is 17.9 Å². The Hall–Kier alpha value is -3.87. The van der Waals surface area contributed by atoms with Gasteiger partial charge in [0.1, 0.15) is 5.76 Å². The third-order valence-corrected chi connectivity index (χ3v) is 5.48. The van der Waals surface area contributed by atoms with E-state index in [-0.39, 0.29) is 0 Å². The van der Waals surface area contributed by atoms with Crippen LogP contribution in [-0.2, 0) is 27.5 Å². The predicted molar refractivity (Wildman–Crippen MR) is 122 cm³/mol. The summed E-state index contributed by atoms with van der Waals surface area (Å²) < 4.78 is 101. The third-order valence-electron chi connectivity index (χ3n) is 5.48. The Morgan fingerprint density at radius 2 is 1.19 bits per heavy atom. The third kappa shape index (κ3) is 13.2. The standard InChI is InChI=1S/C17H21N3O.3C2HF3O2/c1-2-16(21-9-1)11-20-13-17(14-20)5-8-19(12-17)10-15-3-6-18-7-4-15;3*3-2(4,5)1(6)7/h1-4,6-7,9H,5,8,10-14H2;3*(H,6,7). The first-order chi connectivity index (χ1) is 19.1. The molecule has 0 aliphatic carbocycles. The molecule has 0 bridgehead atoms. The van der Waals surface area contributed by atoms with Gasteiger partial charge < -0.3 is 19.7 Å². The number of nitrogens with zero attached hydrogens (tertiary/aromatic N) is 3. The highest BCUT2D eigenvalue weighted by Gasteiger charge is 2.47. The summed E-state index contributed by atoms with van der Waals surface area (Å²) in [5.41, 5.74) is 1.90. The quantitative estimate of drug-likeness (QED) is 0.421. The van der Waals surface area contributed by atoms with Gasteiger partial charge in [-0.25, -0.2) is 14.4 Å². The van der Waals surface area contributed by atoms with Crippen molar-refractivity contribution in [1.82, 2.24) is 14.8 Å². The van der Waals surface area contributed by atoms with E-state index in [9.17, 15) is 39.5 Å². The summed E-state index contributed by atoms with van der Waals surface area (Å²) in [6, 6.07) is 8.27. The van der Waals surface area contributed by atoms with Gasteiger partial charge in [0.05, 0.1) is 12.8 Å². The van der Waals surface area contributed by atoms with Gasteiger partial charge in [-0.15, -0.1) is 0 Å². The Kier molecular flexibility index (Phi) is 12.8. The van der Waals surface area contributed by atoms with Crippen LogP contribution in [0.3, 0.4) is 0 Å². The number of pyridine rings is 1. The number of alkyl halides is 9. The molecule has 236 valence electrons. The molecule has 2 aromatic heterocycles. The minimum Gasteiger partial charge on any atom is -0.475 e.